The summed E-state index contributed by atoms with van der Waals surface area (Å²) in [5, 5.41) is 10.0. The van der Waals surface area contributed by atoms with E-state index in [4.69, 9.17) is 18.5 Å². The van der Waals surface area contributed by atoms with Gasteiger partial charge in [-0.1, -0.05) is 137 Å². The van der Waals surface area contributed by atoms with Crippen molar-refractivity contribution in [1.82, 2.24) is 0 Å². The fraction of sp³-hybridized carbons (Fsp3) is 0.625. The summed E-state index contributed by atoms with van der Waals surface area (Å²) in [6.45, 7) is 4.11. The number of allylic oxidation sites excluding steroid dienone is 14. The molecule has 336 valence electrons. The summed E-state index contributed by atoms with van der Waals surface area (Å²) in [6.07, 6.45) is 47.8. The van der Waals surface area contributed by atoms with Crippen LogP contribution in [0.15, 0.2) is 97.2 Å². The Morgan fingerprint density at radius 3 is 1.64 bits per heavy atom. The molecule has 0 aliphatic rings. The molecule has 0 aromatic heterocycles. The number of nitrogens with zero attached hydrogens (tertiary/aromatic N) is 1. The molecular weight excluding hydrogens is 765 g/mol. The molecule has 0 bridgehead atoms. The van der Waals surface area contributed by atoms with Gasteiger partial charge in [-0.25, -0.2) is 4.57 Å². The largest absolute Gasteiger partial charge is 0.472 e. The summed E-state index contributed by atoms with van der Waals surface area (Å²) in [4.78, 5) is 35.3. The van der Waals surface area contributed by atoms with Crippen LogP contribution in [-0.4, -0.2) is 86.1 Å². The van der Waals surface area contributed by atoms with E-state index in [2.05, 4.69) is 62.5 Å². The van der Waals surface area contributed by atoms with Crippen LogP contribution >= 0.6 is 7.82 Å². The zero-order valence-corrected chi connectivity index (χ0v) is 38.2. The molecule has 0 rings (SSSR count). The molecular formula is C48H81NO9P+. The summed E-state index contributed by atoms with van der Waals surface area (Å²) in [6, 6.07) is 0. The first-order valence-electron chi connectivity index (χ1n) is 22.1. The van der Waals surface area contributed by atoms with Gasteiger partial charge < -0.3 is 24.0 Å². The van der Waals surface area contributed by atoms with Crippen LogP contribution in [0.2, 0.25) is 0 Å². The van der Waals surface area contributed by atoms with Gasteiger partial charge >= 0.3 is 19.8 Å². The second kappa shape index (κ2) is 39.1. The van der Waals surface area contributed by atoms with Crippen molar-refractivity contribution in [3.63, 3.8) is 0 Å². The molecule has 0 radical (unpaired) electrons. The number of phosphoric ester groups is 1. The highest BCUT2D eigenvalue weighted by Crippen LogP contribution is 2.43. The number of hydrogen-bond acceptors (Lipinski definition) is 8. The highest BCUT2D eigenvalue weighted by atomic mass is 31.2. The monoisotopic (exact) mass is 847 g/mol. The number of unbranched alkanes of at least 4 members (excludes halogenated alkanes) is 8. The summed E-state index contributed by atoms with van der Waals surface area (Å²) in [7, 11) is 1.36. The highest BCUT2D eigenvalue weighted by molar-refractivity contribution is 7.47. The number of phosphoric acid groups is 1. The van der Waals surface area contributed by atoms with Gasteiger partial charge in [0.15, 0.2) is 6.10 Å². The molecule has 0 aromatic rings. The van der Waals surface area contributed by atoms with E-state index in [1.807, 2.05) is 63.7 Å². The first kappa shape index (κ1) is 55.9. The average molecular weight is 847 g/mol. The maximum atomic E-state index is 12.7. The van der Waals surface area contributed by atoms with Gasteiger partial charge in [0.25, 0.3) is 0 Å². The summed E-state index contributed by atoms with van der Waals surface area (Å²) in [5.74, 6) is -0.980. The van der Waals surface area contributed by atoms with Crippen LogP contribution in [0.25, 0.3) is 0 Å². The topological polar surface area (TPSA) is 129 Å². The van der Waals surface area contributed by atoms with Crippen molar-refractivity contribution in [1.29, 1.82) is 0 Å². The lowest BCUT2D eigenvalue weighted by atomic mass is 10.1. The predicted molar refractivity (Wildman–Crippen MR) is 244 cm³/mol. The Labute approximate surface area is 358 Å². The summed E-state index contributed by atoms with van der Waals surface area (Å²) < 4.78 is 34.1. The van der Waals surface area contributed by atoms with E-state index in [1.165, 1.54) is 38.5 Å². The first-order valence-corrected chi connectivity index (χ1v) is 23.6. The zero-order chi connectivity index (χ0) is 43.7. The van der Waals surface area contributed by atoms with Crippen LogP contribution in [0.3, 0.4) is 0 Å². The Morgan fingerprint density at radius 1 is 0.610 bits per heavy atom. The average Bonchev–Trinajstić information content (AvgIpc) is 3.18. The van der Waals surface area contributed by atoms with E-state index < -0.39 is 38.6 Å². The van der Waals surface area contributed by atoms with Crippen molar-refractivity contribution in [2.75, 3.05) is 47.5 Å². The third-order valence-corrected chi connectivity index (χ3v) is 9.65. The fourth-order valence-electron chi connectivity index (χ4n) is 5.14. The van der Waals surface area contributed by atoms with Gasteiger partial charge in [-0.2, -0.15) is 0 Å². The van der Waals surface area contributed by atoms with Crippen molar-refractivity contribution in [2.24, 2.45) is 0 Å². The maximum Gasteiger partial charge on any atom is 0.472 e. The second-order valence-corrected chi connectivity index (χ2v) is 17.0. The van der Waals surface area contributed by atoms with Gasteiger partial charge in [0.05, 0.1) is 33.9 Å². The van der Waals surface area contributed by atoms with Crippen LogP contribution in [0.1, 0.15) is 136 Å². The zero-order valence-electron chi connectivity index (χ0n) is 37.3. The van der Waals surface area contributed by atoms with Gasteiger partial charge in [-0.05, 0) is 83.5 Å². The smallest absolute Gasteiger partial charge is 0.462 e. The molecule has 0 fully saturated rings. The molecule has 2 N–H and O–H groups in total. The number of hydrogen-bond donors (Lipinski definition) is 2. The number of quaternary nitrogens is 1. The molecule has 0 aliphatic heterocycles. The number of rotatable bonds is 38. The van der Waals surface area contributed by atoms with Crippen molar-refractivity contribution in [3.8, 4) is 0 Å². The van der Waals surface area contributed by atoms with E-state index in [9.17, 15) is 24.2 Å². The molecule has 3 atom stereocenters. The number of aliphatic hydroxyl groups is 1. The molecule has 0 spiro atoms. The minimum atomic E-state index is -4.42. The quantitative estimate of drug-likeness (QED) is 0.0156. The van der Waals surface area contributed by atoms with Gasteiger partial charge in [0.1, 0.15) is 19.8 Å². The van der Waals surface area contributed by atoms with E-state index in [-0.39, 0.29) is 26.1 Å². The highest BCUT2D eigenvalue weighted by Gasteiger charge is 2.27. The van der Waals surface area contributed by atoms with Crippen LogP contribution in [0.4, 0.5) is 0 Å². The molecule has 0 amide bonds. The van der Waals surface area contributed by atoms with E-state index in [0.29, 0.717) is 43.1 Å². The second-order valence-electron chi connectivity index (χ2n) is 15.6. The molecule has 0 aromatic carbocycles. The molecule has 0 aliphatic carbocycles. The van der Waals surface area contributed by atoms with Crippen LogP contribution in [-0.2, 0) is 32.7 Å². The van der Waals surface area contributed by atoms with Crippen LogP contribution in [0, 0.1) is 0 Å². The maximum absolute atomic E-state index is 12.7. The minimum Gasteiger partial charge on any atom is -0.462 e. The Morgan fingerprint density at radius 2 is 1.10 bits per heavy atom. The van der Waals surface area contributed by atoms with Crippen molar-refractivity contribution in [2.45, 2.75) is 148 Å². The molecule has 0 saturated heterocycles. The fourth-order valence-corrected chi connectivity index (χ4v) is 5.88. The Kier molecular flexibility index (Phi) is 37.0. The number of esters is 2. The van der Waals surface area contributed by atoms with E-state index >= 15 is 0 Å². The summed E-state index contributed by atoms with van der Waals surface area (Å²) >= 11 is 0. The molecule has 11 heteroatoms. The third-order valence-electron chi connectivity index (χ3n) is 8.67. The van der Waals surface area contributed by atoms with Gasteiger partial charge in [-0.15, -0.1) is 0 Å². The van der Waals surface area contributed by atoms with Gasteiger partial charge in [-0.3, -0.25) is 18.6 Å². The molecule has 1 unspecified atom stereocenters. The van der Waals surface area contributed by atoms with E-state index in [1.54, 1.807) is 6.08 Å². The number of ether oxygens (including phenoxy) is 2. The Balaban J connectivity index is 4.64. The standard InChI is InChI=1S/C48H80NO9P/c1-6-8-10-12-14-15-16-17-18-19-20-21-22-23-27-31-35-39-47(51)55-43-46(44-57-59(53,54)56-42-41-49(3,4)5)58-48(52)40-36-32-28-25-24-26-30-34-38-45(50)37-33-29-13-11-9-7-2/h14-15,17-18,20-21,23,25-30,33-34,38,45-46,50H,6-13,16,19,22,24,31-32,35-37,39-44H2,1-5H3/p+1/b15-14-,18-17-,21-20-,27-23-,28-25-,30-26-,33-29-,38-34+/t45-,46+/m0/s1. The molecule has 0 heterocycles. The normalized spacial score (nSPS) is 15.0. The lowest BCUT2D eigenvalue weighted by Gasteiger charge is -2.24. The number of aliphatic hydroxyl groups excluding tert-OH is 1. The number of carbonyl (C=O) groups is 2. The number of likely N-dealkylation sites (N-methyl/N-ethyl adjacent to an activating group) is 1. The van der Waals surface area contributed by atoms with Gasteiger partial charge in [0, 0.05) is 12.8 Å². The molecule has 0 saturated carbocycles. The van der Waals surface area contributed by atoms with Crippen molar-refractivity contribution < 1.29 is 47.2 Å². The molecule has 59 heavy (non-hydrogen) atoms. The van der Waals surface area contributed by atoms with Crippen molar-refractivity contribution in [3.05, 3.63) is 97.2 Å². The first-order chi connectivity index (χ1) is 28.4. The van der Waals surface area contributed by atoms with Crippen LogP contribution < -0.4 is 0 Å². The van der Waals surface area contributed by atoms with Crippen LogP contribution in [0.5, 0.6) is 0 Å². The van der Waals surface area contributed by atoms with E-state index in [0.717, 1.165) is 38.5 Å². The lowest BCUT2D eigenvalue weighted by Crippen LogP contribution is -2.37. The SMILES string of the molecule is CCCCC/C=C\C/C=C\C/C=C\C/C=C\CCCC(=O)OC[C@H](COP(=O)(O)OCC[N+](C)(C)C)OC(=O)CCC/C=C\C/C=C\C=C\[C@@H](O)C/C=C\CCCCC. The Bertz CT molecular complexity index is 1340. The summed E-state index contributed by atoms with van der Waals surface area (Å²) in [5.41, 5.74) is 0. The predicted octanol–water partition coefficient (Wildman–Crippen LogP) is 11.5. The van der Waals surface area contributed by atoms with Crippen molar-refractivity contribution >= 4 is 19.8 Å². The third kappa shape index (κ3) is 42.8. The number of carbonyl (C=O) groups excluding carboxylic acids is 2. The molecule has 10 nitrogen and oxygen atoms in total. The lowest BCUT2D eigenvalue weighted by molar-refractivity contribution is -0.870. The minimum absolute atomic E-state index is 0.00355. The van der Waals surface area contributed by atoms with Gasteiger partial charge in [0.2, 0.25) is 0 Å². The Hall–Kier alpha value is -3.11.